The predicted molar refractivity (Wildman–Crippen MR) is 94.3 cm³/mol. The molecule has 2 amide bonds. The molecule has 0 aliphatic carbocycles. The van der Waals surface area contributed by atoms with Crippen LogP contribution in [0.4, 0.5) is 4.79 Å². The van der Waals surface area contributed by atoms with E-state index in [1.54, 1.807) is 6.92 Å². The average Bonchev–Trinajstić information content (AvgIpc) is 2.99. The minimum atomic E-state index is -0.339. The topological polar surface area (TPSA) is 89.3 Å². The van der Waals surface area contributed by atoms with Gasteiger partial charge >= 0.3 is 6.03 Å². The third-order valence-electron chi connectivity index (χ3n) is 3.80. The summed E-state index contributed by atoms with van der Waals surface area (Å²) in [6.45, 7) is 10.2. The molecule has 0 saturated carbocycles. The molecule has 0 aliphatic heterocycles. The van der Waals surface area contributed by atoms with Gasteiger partial charge in [-0.05, 0) is 44.4 Å². The Morgan fingerprint density at radius 3 is 2.40 bits per heavy atom. The maximum Gasteiger partial charge on any atom is 0.315 e. The Morgan fingerprint density at radius 1 is 1.20 bits per heavy atom. The van der Waals surface area contributed by atoms with Gasteiger partial charge in [0.25, 0.3) is 0 Å². The predicted octanol–water partition coefficient (Wildman–Crippen LogP) is 3.53. The van der Waals surface area contributed by atoms with Crippen molar-refractivity contribution >= 4 is 6.03 Å². The van der Waals surface area contributed by atoms with E-state index in [4.69, 9.17) is 9.26 Å². The first kappa shape index (κ1) is 18.8. The number of urea groups is 1. The quantitative estimate of drug-likeness (QED) is 0.800. The van der Waals surface area contributed by atoms with Crippen molar-refractivity contribution in [2.24, 2.45) is 5.92 Å². The van der Waals surface area contributed by atoms with Gasteiger partial charge < -0.3 is 19.9 Å². The highest BCUT2D eigenvalue weighted by atomic mass is 16.5. The molecule has 0 spiro atoms. The molecule has 0 saturated heterocycles. The number of aromatic nitrogens is 2. The number of nitrogens with zero attached hydrogens (tertiary/aromatic N) is 2. The third-order valence-corrected chi connectivity index (χ3v) is 3.80. The number of nitrogens with one attached hydrogen (secondary N) is 2. The monoisotopic (exact) mass is 346 g/mol. The van der Waals surface area contributed by atoms with E-state index in [-0.39, 0.29) is 24.0 Å². The Morgan fingerprint density at radius 2 is 1.88 bits per heavy atom. The van der Waals surface area contributed by atoms with Gasteiger partial charge in [-0.3, -0.25) is 0 Å². The number of rotatable bonds is 7. The summed E-state index contributed by atoms with van der Waals surface area (Å²) in [6.07, 6.45) is 0. The van der Waals surface area contributed by atoms with Crippen molar-refractivity contribution in [2.75, 3.05) is 6.61 Å². The van der Waals surface area contributed by atoms with Gasteiger partial charge in [0.15, 0.2) is 5.82 Å². The fourth-order valence-electron chi connectivity index (χ4n) is 2.44. The second kappa shape index (κ2) is 8.50. The lowest BCUT2D eigenvalue weighted by Crippen LogP contribution is -2.41. The van der Waals surface area contributed by atoms with Crippen molar-refractivity contribution in [2.45, 2.75) is 46.7 Å². The molecule has 0 aliphatic rings. The lowest BCUT2D eigenvalue weighted by Gasteiger charge is -2.21. The molecule has 136 valence electrons. The lowest BCUT2D eigenvalue weighted by atomic mass is 10.0. The van der Waals surface area contributed by atoms with Gasteiger partial charge in [-0.2, -0.15) is 4.98 Å². The molecular formula is C18H26N4O3. The smallest absolute Gasteiger partial charge is 0.315 e. The van der Waals surface area contributed by atoms with E-state index < -0.39 is 0 Å². The lowest BCUT2D eigenvalue weighted by molar-refractivity contribution is 0.222. The number of carbonyl (C=O) groups is 1. The van der Waals surface area contributed by atoms with Crippen LogP contribution in [0.1, 0.15) is 57.1 Å². The zero-order valence-electron chi connectivity index (χ0n) is 15.4. The van der Waals surface area contributed by atoms with Crippen LogP contribution in [0.25, 0.3) is 0 Å². The Labute approximate surface area is 148 Å². The molecule has 7 heteroatoms. The fraction of sp³-hybridized carbons (Fsp3) is 0.500. The maximum atomic E-state index is 12.4. The van der Waals surface area contributed by atoms with Crippen molar-refractivity contribution < 1.29 is 14.1 Å². The van der Waals surface area contributed by atoms with Crippen LogP contribution in [0, 0.1) is 12.8 Å². The number of aryl methyl sites for hydroxylation is 1. The van der Waals surface area contributed by atoms with Crippen LogP contribution >= 0.6 is 0 Å². The van der Waals surface area contributed by atoms with E-state index in [1.165, 1.54) is 0 Å². The third kappa shape index (κ3) is 5.20. The van der Waals surface area contributed by atoms with Crippen molar-refractivity contribution in [3.63, 3.8) is 0 Å². The van der Waals surface area contributed by atoms with E-state index in [0.717, 1.165) is 11.3 Å². The highest BCUT2D eigenvalue weighted by Gasteiger charge is 2.24. The summed E-state index contributed by atoms with van der Waals surface area (Å²) >= 11 is 0. The highest BCUT2D eigenvalue weighted by molar-refractivity contribution is 5.74. The highest BCUT2D eigenvalue weighted by Crippen LogP contribution is 2.21. The SMILES string of the molecule is CCOc1ccc(C(C)NC(=O)NC(c2nc(C)no2)C(C)C)cc1. The standard InChI is InChI=1S/C18H26N4O3/c1-6-24-15-9-7-14(8-10-15)12(4)19-18(23)21-16(11(2)3)17-20-13(5)22-25-17/h7-12,16H,6H2,1-5H3,(H2,19,21,23). The van der Waals surface area contributed by atoms with E-state index in [1.807, 2.05) is 52.0 Å². The Hall–Kier alpha value is -2.57. The van der Waals surface area contributed by atoms with Crippen LogP contribution in [0.2, 0.25) is 0 Å². The average molecular weight is 346 g/mol. The van der Waals surface area contributed by atoms with Crippen molar-refractivity contribution in [3.8, 4) is 5.75 Å². The molecule has 0 fully saturated rings. The zero-order valence-corrected chi connectivity index (χ0v) is 15.4. The second-order valence-corrected chi connectivity index (χ2v) is 6.24. The summed E-state index contributed by atoms with van der Waals surface area (Å²) in [6, 6.07) is 6.91. The first-order valence-electron chi connectivity index (χ1n) is 8.50. The van der Waals surface area contributed by atoms with E-state index in [9.17, 15) is 4.79 Å². The summed E-state index contributed by atoms with van der Waals surface area (Å²) < 4.78 is 10.6. The number of ether oxygens (including phenoxy) is 1. The number of hydrogen-bond donors (Lipinski definition) is 2. The molecule has 1 aromatic heterocycles. The molecule has 2 N–H and O–H groups in total. The van der Waals surface area contributed by atoms with Gasteiger partial charge in [0.2, 0.25) is 5.89 Å². The molecule has 25 heavy (non-hydrogen) atoms. The molecule has 2 rings (SSSR count). The van der Waals surface area contributed by atoms with Gasteiger partial charge in [0.1, 0.15) is 11.8 Å². The van der Waals surface area contributed by atoms with E-state index in [0.29, 0.717) is 18.3 Å². The number of amides is 2. The second-order valence-electron chi connectivity index (χ2n) is 6.24. The Kier molecular flexibility index (Phi) is 6.38. The maximum absolute atomic E-state index is 12.4. The van der Waals surface area contributed by atoms with Crippen LogP contribution in [-0.4, -0.2) is 22.8 Å². The van der Waals surface area contributed by atoms with Gasteiger partial charge in [0.05, 0.1) is 12.6 Å². The van der Waals surface area contributed by atoms with Gasteiger partial charge in [-0.1, -0.05) is 31.1 Å². The Balaban J connectivity index is 1.97. The fourth-order valence-corrected chi connectivity index (χ4v) is 2.44. The van der Waals surface area contributed by atoms with Gasteiger partial charge in [-0.15, -0.1) is 0 Å². The number of benzene rings is 1. The van der Waals surface area contributed by atoms with Crippen LogP contribution in [-0.2, 0) is 0 Å². The molecule has 0 bridgehead atoms. The van der Waals surface area contributed by atoms with E-state index >= 15 is 0 Å². The number of carbonyl (C=O) groups excluding carboxylic acids is 1. The summed E-state index contributed by atoms with van der Waals surface area (Å²) in [5, 5.41) is 9.63. The summed E-state index contributed by atoms with van der Waals surface area (Å²) in [5.74, 6) is 1.89. The molecule has 2 atom stereocenters. The molecule has 2 unspecified atom stereocenters. The zero-order chi connectivity index (χ0) is 18.4. The first-order valence-corrected chi connectivity index (χ1v) is 8.50. The van der Waals surface area contributed by atoms with Crippen LogP contribution in [0.5, 0.6) is 5.75 Å². The van der Waals surface area contributed by atoms with Crippen molar-refractivity contribution in [1.29, 1.82) is 0 Å². The first-order chi connectivity index (χ1) is 11.9. The van der Waals surface area contributed by atoms with Crippen LogP contribution in [0.15, 0.2) is 28.8 Å². The van der Waals surface area contributed by atoms with Crippen LogP contribution < -0.4 is 15.4 Å². The van der Waals surface area contributed by atoms with Crippen molar-refractivity contribution in [3.05, 3.63) is 41.5 Å². The molecule has 7 nitrogen and oxygen atoms in total. The van der Waals surface area contributed by atoms with Crippen LogP contribution in [0.3, 0.4) is 0 Å². The largest absolute Gasteiger partial charge is 0.494 e. The van der Waals surface area contributed by atoms with Crippen molar-refractivity contribution in [1.82, 2.24) is 20.8 Å². The Bertz CT molecular complexity index is 682. The minimum Gasteiger partial charge on any atom is -0.494 e. The molecular weight excluding hydrogens is 320 g/mol. The molecule has 1 heterocycles. The van der Waals surface area contributed by atoms with Gasteiger partial charge in [0, 0.05) is 0 Å². The van der Waals surface area contributed by atoms with E-state index in [2.05, 4.69) is 20.8 Å². The molecule has 0 radical (unpaired) electrons. The summed E-state index contributed by atoms with van der Waals surface area (Å²) in [4.78, 5) is 16.6. The summed E-state index contributed by atoms with van der Waals surface area (Å²) in [5.41, 5.74) is 0.994. The summed E-state index contributed by atoms with van der Waals surface area (Å²) in [7, 11) is 0. The normalized spacial score (nSPS) is 13.4. The molecule has 2 aromatic rings. The van der Waals surface area contributed by atoms with Gasteiger partial charge in [-0.25, -0.2) is 4.79 Å². The molecule has 1 aromatic carbocycles. The number of hydrogen-bond acceptors (Lipinski definition) is 5. The minimum absolute atomic E-state index is 0.117.